The smallest absolute Gasteiger partial charge is 0.0978 e. The molecule has 0 aromatic heterocycles. The molecule has 0 saturated carbocycles. The topological polar surface area (TPSA) is 47.3 Å². The fraction of sp³-hybridized carbons (Fsp3) is 0.900. The van der Waals surface area contributed by atoms with E-state index in [1.165, 1.54) is 0 Å². The van der Waals surface area contributed by atoms with Crippen molar-refractivity contribution in [1.29, 1.82) is 5.26 Å². The average Bonchev–Trinajstić information content (AvgIpc) is 2.46. The SMILES string of the molecule is CC(C)(O)CCN1CCCC1C#N. The Balaban J connectivity index is 2.33. The lowest BCUT2D eigenvalue weighted by Crippen LogP contribution is -2.33. The average molecular weight is 182 g/mol. The zero-order valence-electron chi connectivity index (χ0n) is 8.45. The Kier molecular flexibility index (Phi) is 3.29. The maximum absolute atomic E-state index is 9.53. The van der Waals surface area contributed by atoms with Gasteiger partial charge in [-0.2, -0.15) is 5.26 Å². The lowest BCUT2D eigenvalue weighted by molar-refractivity contribution is 0.0583. The molecule has 1 rings (SSSR count). The van der Waals surface area contributed by atoms with Gasteiger partial charge in [-0.15, -0.1) is 0 Å². The summed E-state index contributed by atoms with van der Waals surface area (Å²) >= 11 is 0. The summed E-state index contributed by atoms with van der Waals surface area (Å²) in [5.74, 6) is 0. The summed E-state index contributed by atoms with van der Waals surface area (Å²) in [6, 6.07) is 2.38. The van der Waals surface area contributed by atoms with E-state index in [0.29, 0.717) is 0 Å². The van der Waals surface area contributed by atoms with E-state index in [0.717, 1.165) is 32.4 Å². The highest BCUT2D eigenvalue weighted by Crippen LogP contribution is 2.18. The molecule has 74 valence electrons. The Morgan fingerprint density at radius 1 is 1.62 bits per heavy atom. The molecule has 0 aromatic carbocycles. The minimum atomic E-state index is -0.609. The Morgan fingerprint density at radius 3 is 2.85 bits per heavy atom. The van der Waals surface area contributed by atoms with Gasteiger partial charge in [-0.25, -0.2) is 0 Å². The van der Waals surface area contributed by atoms with Gasteiger partial charge in [-0.1, -0.05) is 0 Å². The van der Waals surface area contributed by atoms with Gasteiger partial charge in [0.15, 0.2) is 0 Å². The first kappa shape index (κ1) is 10.5. The highest BCUT2D eigenvalue weighted by atomic mass is 16.3. The molecular weight excluding hydrogens is 164 g/mol. The number of aliphatic hydroxyl groups is 1. The van der Waals surface area contributed by atoms with Gasteiger partial charge in [0.1, 0.15) is 0 Å². The highest BCUT2D eigenvalue weighted by molar-refractivity contribution is 4.96. The molecule has 1 unspecified atom stereocenters. The Labute approximate surface area is 80.0 Å². The van der Waals surface area contributed by atoms with Crippen LogP contribution in [0.4, 0.5) is 0 Å². The van der Waals surface area contributed by atoms with Crippen molar-refractivity contribution < 1.29 is 5.11 Å². The molecule has 0 spiro atoms. The van der Waals surface area contributed by atoms with Crippen LogP contribution in [0.3, 0.4) is 0 Å². The lowest BCUT2D eigenvalue weighted by atomic mass is 10.1. The molecule has 3 nitrogen and oxygen atoms in total. The van der Waals surface area contributed by atoms with E-state index in [9.17, 15) is 5.11 Å². The largest absolute Gasteiger partial charge is 0.390 e. The van der Waals surface area contributed by atoms with Gasteiger partial charge >= 0.3 is 0 Å². The third-order valence-electron chi connectivity index (χ3n) is 2.52. The normalized spacial score (nSPS) is 24.6. The van der Waals surface area contributed by atoms with Crippen LogP contribution in [0, 0.1) is 11.3 Å². The van der Waals surface area contributed by atoms with Gasteiger partial charge < -0.3 is 5.11 Å². The van der Waals surface area contributed by atoms with Crippen LogP contribution in [0.2, 0.25) is 0 Å². The lowest BCUT2D eigenvalue weighted by Gasteiger charge is -2.24. The second kappa shape index (κ2) is 4.08. The fourth-order valence-electron chi connectivity index (χ4n) is 1.66. The minimum absolute atomic E-state index is 0.0855. The Hall–Kier alpha value is -0.590. The standard InChI is InChI=1S/C10H18N2O/c1-10(2,13)5-7-12-6-3-4-9(12)8-11/h9,13H,3-7H2,1-2H3. The number of nitrogens with zero attached hydrogens (tertiary/aromatic N) is 2. The van der Waals surface area contributed by atoms with Gasteiger partial charge in [-0.05, 0) is 39.7 Å². The van der Waals surface area contributed by atoms with E-state index in [1.54, 1.807) is 0 Å². The van der Waals surface area contributed by atoms with Crippen LogP contribution in [-0.4, -0.2) is 34.7 Å². The van der Waals surface area contributed by atoms with Crippen molar-refractivity contribution in [1.82, 2.24) is 4.90 Å². The van der Waals surface area contributed by atoms with E-state index >= 15 is 0 Å². The molecule has 0 aliphatic carbocycles. The maximum Gasteiger partial charge on any atom is 0.0978 e. The van der Waals surface area contributed by atoms with E-state index < -0.39 is 5.60 Å². The molecule has 1 heterocycles. The van der Waals surface area contributed by atoms with Crippen LogP contribution >= 0.6 is 0 Å². The van der Waals surface area contributed by atoms with Crippen LogP contribution in [-0.2, 0) is 0 Å². The summed E-state index contributed by atoms with van der Waals surface area (Å²) in [5, 5.41) is 18.3. The van der Waals surface area contributed by atoms with Crippen LogP contribution in [0.15, 0.2) is 0 Å². The molecule has 1 aliphatic rings. The van der Waals surface area contributed by atoms with Crippen molar-refractivity contribution in [2.45, 2.75) is 44.8 Å². The Morgan fingerprint density at radius 2 is 2.31 bits per heavy atom. The van der Waals surface area contributed by atoms with Gasteiger partial charge in [0.05, 0.1) is 17.7 Å². The predicted octanol–water partition coefficient (Wildman–Crippen LogP) is 1.14. The van der Waals surface area contributed by atoms with Gasteiger partial charge in [0.2, 0.25) is 0 Å². The van der Waals surface area contributed by atoms with Crippen molar-refractivity contribution in [2.75, 3.05) is 13.1 Å². The quantitative estimate of drug-likeness (QED) is 0.712. The summed E-state index contributed by atoms with van der Waals surface area (Å²) < 4.78 is 0. The molecule has 1 aliphatic heterocycles. The molecular formula is C10H18N2O. The van der Waals surface area contributed by atoms with E-state index in [-0.39, 0.29) is 6.04 Å². The molecule has 1 atom stereocenters. The minimum Gasteiger partial charge on any atom is -0.390 e. The first-order chi connectivity index (χ1) is 6.03. The third kappa shape index (κ3) is 3.33. The van der Waals surface area contributed by atoms with Crippen LogP contribution < -0.4 is 0 Å². The zero-order valence-corrected chi connectivity index (χ0v) is 8.45. The summed E-state index contributed by atoms with van der Waals surface area (Å²) in [4.78, 5) is 2.16. The highest BCUT2D eigenvalue weighted by Gasteiger charge is 2.25. The van der Waals surface area contributed by atoms with E-state index in [2.05, 4.69) is 11.0 Å². The Bertz CT molecular complexity index is 202. The van der Waals surface area contributed by atoms with Crippen molar-refractivity contribution in [3.05, 3.63) is 0 Å². The second-order valence-corrected chi connectivity index (χ2v) is 4.39. The third-order valence-corrected chi connectivity index (χ3v) is 2.52. The van der Waals surface area contributed by atoms with Gasteiger partial charge in [-0.3, -0.25) is 4.90 Å². The summed E-state index contributed by atoms with van der Waals surface area (Å²) in [6.07, 6.45) is 2.84. The van der Waals surface area contributed by atoms with Crippen LogP contribution in [0.1, 0.15) is 33.1 Å². The van der Waals surface area contributed by atoms with Crippen LogP contribution in [0.25, 0.3) is 0 Å². The van der Waals surface area contributed by atoms with Crippen molar-refractivity contribution in [2.24, 2.45) is 0 Å². The molecule has 0 bridgehead atoms. The molecule has 1 N–H and O–H groups in total. The number of likely N-dealkylation sites (tertiary alicyclic amines) is 1. The summed E-state index contributed by atoms with van der Waals surface area (Å²) in [6.45, 7) is 5.46. The van der Waals surface area contributed by atoms with Crippen molar-refractivity contribution in [3.63, 3.8) is 0 Å². The van der Waals surface area contributed by atoms with E-state index in [1.807, 2.05) is 13.8 Å². The number of hydrogen-bond donors (Lipinski definition) is 1. The molecule has 0 amide bonds. The number of rotatable bonds is 3. The predicted molar refractivity (Wildman–Crippen MR) is 51.1 cm³/mol. The maximum atomic E-state index is 9.53. The molecule has 1 fully saturated rings. The first-order valence-electron chi connectivity index (χ1n) is 4.89. The number of hydrogen-bond acceptors (Lipinski definition) is 3. The molecule has 0 aromatic rings. The molecule has 3 heteroatoms. The van der Waals surface area contributed by atoms with Gasteiger partial charge in [0.25, 0.3) is 0 Å². The van der Waals surface area contributed by atoms with Crippen LogP contribution in [0.5, 0.6) is 0 Å². The first-order valence-corrected chi connectivity index (χ1v) is 4.89. The second-order valence-electron chi connectivity index (χ2n) is 4.39. The molecule has 1 saturated heterocycles. The molecule has 13 heavy (non-hydrogen) atoms. The van der Waals surface area contributed by atoms with E-state index in [4.69, 9.17) is 5.26 Å². The molecule has 0 radical (unpaired) electrons. The fourth-order valence-corrected chi connectivity index (χ4v) is 1.66. The van der Waals surface area contributed by atoms with Gasteiger partial charge in [0, 0.05) is 6.54 Å². The number of nitriles is 1. The summed E-state index contributed by atoms with van der Waals surface area (Å²) in [7, 11) is 0. The summed E-state index contributed by atoms with van der Waals surface area (Å²) in [5.41, 5.74) is -0.609. The van der Waals surface area contributed by atoms with Crippen molar-refractivity contribution >= 4 is 0 Å². The monoisotopic (exact) mass is 182 g/mol. The zero-order chi connectivity index (χ0) is 9.90. The van der Waals surface area contributed by atoms with Crippen molar-refractivity contribution in [3.8, 4) is 6.07 Å².